The van der Waals surface area contributed by atoms with Gasteiger partial charge in [-0.25, -0.2) is 9.89 Å². The Bertz CT molecular complexity index is 1190. The van der Waals surface area contributed by atoms with E-state index in [4.69, 9.17) is 25.2 Å². The van der Waals surface area contributed by atoms with E-state index >= 15 is 0 Å². The fourth-order valence-corrected chi connectivity index (χ4v) is 2.47. The maximum absolute atomic E-state index is 11.9. The van der Waals surface area contributed by atoms with Crippen LogP contribution in [0.5, 0.6) is 11.8 Å². The summed E-state index contributed by atoms with van der Waals surface area (Å²) < 4.78 is 80.5. The number of hydrogen-bond donors (Lipinski definition) is 1. The van der Waals surface area contributed by atoms with Crippen LogP contribution in [-0.4, -0.2) is 44.9 Å². The number of aromatic amines is 1. The van der Waals surface area contributed by atoms with Crippen LogP contribution in [0.2, 0.25) is 0 Å². The molecule has 0 aromatic carbocycles. The Labute approximate surface area is 208 Å². The highest BCUT2D eigenvalue weighted by molar-refractivity contribution is 5.69. The summed E-state index contributed by atoms with van der Waals surface area (Å²) in [6.45, 7) is 7.92. The molecule has 4 rings (SSSR count). The van der Waals surface area contributed by atoms with Gasteiger partial charge in [-0.05, 0) is 82.8 Å². The van der Waals surface area contributed by atoms with Crippen molar-refractivity contribution in [2.24, 2.45) is 10.8 Å². The smallest absolute Gasteiger partial charge is 0.435 e. The van der Waals surface area contributed by atoms with Crippen LogP contribution in [0.4, 0.5) is 4.79 Å². The van der Waals surface area contributed by atoms with E-state index in [1.165, 1.54) is 18.5 Å². The molecule has 2 aliphatic carbocycles. The molecule has 33 heavy (non-hydrogen) atoms. The quantitative estimate of drug-likeness (QED) is 0.460. The van der Waals surface area contributed by atoms with E-state index in [0.717, 1.165) is 17.5 Å². The molecule has 0 amide bonds. The van der Waals surface area contributed by atoms with E-state index in [0.29, 0.717) is 18.7 Å². The molecule has 0 bridgehead atoms. The van der Waals surface area contributed by atoms with Gasteiger partial charge < -0.3 is 14.2 Å². The van der Waals surface area contributed by atoms with Gasteiger partial charge in [-0.3, -0.25) is 0 Å². The topological polar surface area (TPSA) is 91.3 Å². The van der Waals surface area contributed by atoms with Crippen LogP contribution in [-0.2, 0) is 4.74 Å². The van der Waals surface area contributed by atoms with E-state index in [-0.39, 0.29) is 12.5 Å². The van der Waals surface area contributed by atoms with Crippen molar-refractivity contribution in [2.75, 3.05) is 13.2 Å². The lowest BCUT2D eigenvalue weighted by molar-refractivity contribution is 0.0511. The van der Waals surface area contributed by atoms with E-state index in [1.54, 1.807) is 40.7 Å². The van der Waals surface area contributed by atoms with Crippen molar-refractivity contribution in [1.82, 2.24) is 20.0 Å². The number of hydrogen-bond acceptors (Lipinski definition) is 6. The first-order valence-corrected chi connectivity index (χ1v) is 11.1. The Kier molecular flexibility index (Phi) is 5.20. The number of carbonyl (C=O) groups is 1. The molecule has 0 saturated heterocycles. The number of nitrogens with one attached hydrogen (secondary N) is 1. The first-order chi connectivity index (χ1) is 18.6. The van der Waals surface area contributed by atoms with Crippen LogP contribution in [0, 0.1) is 10.8 Å². The van der Waals surface area contributed by atoms with E-state index in [2.05, 4.69) is 15.3 Å². The van der Waals surface area contributed by atoms with Gasteiger partial charge in [0.25, 0.3) is 0 Å². The van der Waals surface area contributed by atoms with Gasteiger partial charge in [-0.2, -0.15) is 9.78 Å². The summed E-state index contributed by atoms with van der Waals surface area (Å²) in [7, 11) is 0. The molecule has 2 heterocycles. The van der Waals surface area contributed by atoms with Gasteiger partial charge in [0.1, 0.15) is 5.60 Å². The third kappa shape index (κ3) is 9.48. The minimum atomic E-state index is -2.17. The molecule has 0 spiro atoms. The minimum absolute atomic E-state index is 0.0430. The van der Waals surface area contributed by atoms with Gasteiger partial charge in [0.2, 0.25) is 11.8 Å². The van der Waals surface area contributed by atoms with Crippen LogP contribution in [0.15, 0.2) is 24.5 Å². The highest BCUT2D eigenvalue weighted by atomic mass is 16.6. The molecule has 2 aromatic heterocycles. The third-order valence-corrected chi connectivity index (χ3v) is 4.99. The molecule has 2 aliphatic rings. The molecule has 8 heteroatoms. The molecule has 2 aromatic rings. The summed E-state index contributed by atoms with van der Waals surface area (Å²) in [6.07, 6.45) is -3.13. The van der Waals surface area contributed by atoms with Crippen molar-refractivity contribution in [2.45, 2.75) is 91.4 Å². The third-order valence-electron chi connectivity index (χ3n) is 4.99. The number of rotatable bonds is 10. The van der Waals surface area contributed by atoms with Crippen molar-refractivity contribution >= 4 is 6.09 Å². The zero-order valence-corrected chi connectivity index (χ0v) is 20.0. The molecule has 184 valence electrons. The zero-order valence-electron chi connectivity index (χ0n) is 28.0. The molecule has 0 aliphatic heterocycles. The van der Waals surface area contributed by atoms with Crippen LogP contribution in [0.3, 0.4) is 0 Å². The van der Waals surface area contributed by atoms with Crippen molar-refractivity contribution < 1.29 is 30.0 Å². The number of ether oxygens (including phenoxy) is 3. The lowest BCUT2D eigenvalue weighted by Gasteiger charge is -2.18. The van der Waals surface area contributed by atoms with Gasteiger partial charge in [-0.15, -0.1) is 5.10 Å². The first-order valence-electron chi connectivity index (χ1n) is 15.1. The zero-order chi connectivity index (χ0) is 31.1. The first kappa shape index (κ1) is 16.2. The van der Waals surface area contributed by atoms with E-state index in [1.807, 2.05) is 0 Å². The predicted octanol–water partition coefficient (Wildman–Crippen LogP) is 5.99. The van der Waals surface area contributed by atoms with Crippen LogP contribution in [0.1, 0.15) is 96.8 Å². The summed E-state index contributed by atoms with van der Waals surface area (Å²) in [5.74, 6) is 0.395. The standard InChI is InChI=1S/C15H24N2O3.C10H16N2O/c1-14(2,3)20-13(18)17-10-6-12(16-17)19-11-5-7-15(4)8-9-15;1-10(5-6-10)4-2-8-13-9-3-7-11-12-9/h6,10H,5,7-9,11H2,1-4H3;3,7H,2,4-6,8H2,1H3,(H,11,12)/i5D2,7D2;2D2,4D2. The van der Waals surface area contributed by atoms with Gasteiger partial charge in [0, 0.05) is 29.3 Å². The lowest BCUT2D eigenvalue weighted by atomic mass is 10.0. The van der Waals surface area contributed by atoms with Gasteiger partial charge in [0.15, 0.2) is 0 Å². The van der Waals surface area contributed by atoms with Gasteiger partial charge in [-0.1, -0.05) is 13.8 Å². The second-order valence-corrected chi connectivity index (χ2v) is 9.80. The Morgan fingerprint density at radius 2 is 1.70 bits per heavy atom. The molecule has 2 fully saturated rings. The van der Waals surface area contributed by atoms with Crippen molar-refractivity contribution in [3.63, 3.8) is 0 Å². The number of nitrogens with zero attached hydrogens (tertiary/aromatic N) is 3. The van der Waals surface area contributed by atoms with Gasteiger partial charge in [0.05, 0.1) is 19.4 Å². The summed E-state index contributed by atoms with van der Waals surface area (Å²) in [6, 6.07) is 2.99. The molecule has 1 N–H and O–H groups in total. The van der Waals surface area contributed by atoms with Crippen molar-refractivity contribution in [3.8, 4) is 11.8 Å². The highest BCUT2D eigenvalue weighted by Crippen LogP contribution is 2.49. The Balaban J connectivity index is 0.000000239. The monoisotopic (exact) mass is 468 g/mol. The highest BCUT2D eigenvalue weighted by Gasteiger charge is 2.36. The summed E-state index contributed by atoms with van der Waals surface area (Å²) >= 11 is 0. The normalized spacial score (nSPS) is 22.8. The van der Waals surface area contributed by atoms with Crippen molar-refractivity contribution in [1.29, 1.82) is 0 Å². The Hall–Kier alpha value is -2.51. The van der Waals surface area contributed by atoms with Crippen LogP contribution >= 0.6 is 0 Å². The fourth-order valence-electron chi connectivity index (χ4n) is 2.47. The Morgan fingerprint density at radius 1 is 1.09 bits per heavy atom. The average Bonchev–Trinajstić information content (AvgIpc) is 3.63. The van der Waals surface area contributed by atoms with E-state index < -0.39 is 54.6 Å². The molecular formula is C25H40N4O4. The summed E-state index contributed by atoms with van der Waals surface area (Å²) in [5.41, 5.74) is -1.87. The Morgan fingerprint density at radius 3 is 2.21 bits per heavy atom. The lowest BCUT2D eigenvalue weighted by Crippen LogP contribution is -2.27. The minimum Gasteiger partial charge on any atom is -0.478 e. The SMILES string of the molecule is [2H]C([2H])(COc1ccn(C(=O)OC(C)(C)C)n1)C([2H])([2H])C1(C)CC1.[2H]C([2H])(COc1ccn[nH]1)C([2H])([2H])C1(C)CC1. The second kappa shape index (κ2) is 10.6. The van der Waals surface area contributed by atoms with E-state index in [9.17, 15) is 4.79 Å². The van der Waals surface area contributed by atoms with Crippen LogP contribution in [0.25, 0.3) is 0 Å². The maximum atomic E-state index is 11.9. The molecule has 0 atom stereocenters. The summed E-state index contributed by atoms with van der Waals surface area (Å²) in [4.78, 5) is 11.9. The molecular weight excluding hydrogens is 420 g/mol. The number of carbonyl (C=O) groups excluding carboxylic acids is 1. The molecule has 0 radical (unpaired) electrons. The maximum Gasteiger partial charge on any atom is 0.435 e. The largest absolute Gasteiger partial charge is 0.478 e. The fraction of sp³-hybridized carbons (Fsp3) is 0.720. The van der Waals surface area contributed by atoms with Crippen LogP contribution < -0.4 is 9.47 Å². The molecule has 2 saturated carbocycles. The predicted molar refractivity (Wildman–Crippen MR) is 127 cm³/mol. The summed E-state index contributed by atoms with van der Waals surface area (Å²) in [5, 5.41) is 10.1. The van der Waals surface area contributed by atoms with Gasteiger partial charge >= 0.3 is 6.09 Å². The number of aromatic nitrogens is 4. The second-order valence-electron chi connectivity index (χ2n) is 9.80. The average molecular weight is 469 g/mol. The number of H-pyrrole nitrogens is 1. The molecule has 0 unspecified atom stereocenters. The van der Waals surface area contributed by atoms with Crippen molar-refractivity contribution in [3.05, 3.63) is 24.5 Å². The molecule has 8 nitrogen and oxygen atoms in total.